The molecule has 0 amide bonds. The number of likely N-dealkylation sites (tertiary alicyclic amines) is 1. The lowest BCUT2D eigenvalue weighted by Gasteiger charge is -2.35. The highest BCUT2D eigenvalue weighted by Gasteiger charge is 2.22. The zero-order valence-electron chi connectivity index (χ0n) is 21.1. The Bertz CT molecular complexity index is 1530. The summed E-state index contributed by atoms with van der Waals surface area (Å²) in [4.78, 5) is 17.6. The smallest absolute Gasteiger partial charge is 0.223 e. The molecule has 0 spiro atoms. The molecule has 1 saturated heterocycles. The summed E-state index contributed by atoms with van der Waals surface area (Å²) in [5, 5.41) is 8.95. The summed E-state index contributed by atoms with van der Waals surface area (Å²) in [7, 11) is 1.67. The van der Waals surface area contributed by atoms with Crippen molar-refractivity contribution < 1.29 is 9.15 Å². The fourth-order valence-corrected chi connectivity index (χ4v) is 5.47. The van der Waals surface area contributed by atoms with Gasteiger partial charge in [0.2, 0.25) is 5.95 Å². The maximum absolute atomic E-state index is 5.45. The van der Waals surface area contributed by atoms with E-state index in [1.54, 1.807) is 30.9 Å². The number of thiazole rings is 1. The normalized spacial score (nSPS) is 14.1. The summed E-state index contributed by atoms with van der Waals surface area (Å²) >= 11 is 1.60. The molecule has 0 unspecified atom stereocenters. The van der Waals surface area contributed by atoms with Crippen LogP contribution >= 0.6 is 11.3 Å². The molecule has 0 saturated carbocycles. The average Bonchev–Trinajstić information content (AvgIpc) is 3.71. The van der Waals surface area contributed by atoms with Crippen LogP contribution in [-0.4, -0.2) is 50.5 Å². The van der Waals surface area contributed by atoms with Gasteiger partial charge in [-0.05, 0) is 43.2 Å². The molecular formula is C28H29N7O2S. The summed E-state index contributed by atoms with van der Waals surface area (Å²) in [6, 6.07) is 14.0. The monoisotopic (exact) mass is 527 g/mol. The van der Waals surface area contributed by atoms with Gasteiger partial charge in [0, 0.05) is 42.5 Å². The van der Waals surface area contributed by atoms with Crippen molar-refractivity contribution in [2.45, 2.75) is 25.4 Å². The van der Waals surface area contributed by atoms with Crippen molar-refractivity contribution in [1.82, 2.24) is 29.6 Å². The molecule has 5 heterocycles. The number of furan rings is 1. The number of nitrogens with zero attached hydrogens (tertiary/aromatic N) is 5. The van der Waals surface area contributed by atoms with Crippen molar-refractivity contribution >= 4 is 22.2 Å². The van der Waals surface area contributed by atoms with E-state index in [2.05, 4.69) is 31.5 Å². The molecule has 9 nitrogen and oxygen atoms in total. The molecule has 0 atom stereocenters. The van der Waals surface area contributed by atoms with Gasteiger partial charge in [-0.15, -0.1) is 11.3 Å². The maximum atomic E-state index is 5.45. The number of ether oxygens (including phenoxy) is 1. The van der Waals surface area contributed by atoms with Crippen LogP contribution in [0.5, 0.6) is 5.75 Å². The van der Waals surface area contributed by atoms with E-state index in [9.17, 15) is 0 Å². The van der Waals surface area contributed by atoms with Gasteiger partial charge in [-0.2, -0.15) is 0 Å². The van der Waals surface area contributed by atoms with E-state index in [0.29, 0.717) is 12.5 Å². The van der Waals surface area contributed by atoms with Gasteiger partial charge < -0.3 is 24.7 Å². The van der Waals surface area contributed by atoms with Crippen molar-refractivity contribution in [3.63, 3.8) is 0 Å². The van der Waals surface area contributed by atoms with Crippen molar-refractivity contribution in [2.24, 2.45) is 0 Å². The van der Waals surface area contributed by atoms with Crippen molar-refractivity contribution in [3.8, 4) is 28.4 Å². The second kappa shape index (κ2) is 10.6. The van der Waals surface area contributed by atoms with E-state index in [4.69, 9.17) is 19.1 Å². The number of aromatic nitrogens is 4. The highest BCUT2D eigenvalue weighted by Crippen LogP contribution is 2.35. The van der Waals surface area contributed by atoms with Crippen LogP contribution in [0, 0.1) is 0 Å². The molecule has 4 aromatic heterocycles. The molecule has 2 N–H and O–H groups in total. The Balaban J connectivity index is 1.16. The lowest BCUT2D eigenvalue weighted by Crippen LogP contribution is -2.41. The van der Waals surface area contributed by atoms with E-state index in [1.165, 1.54) is 0 Å². The lowest BCUT2D eigenvalue weighted by atomic mass is 10.1. The summed E-state index contributed by atoms with van der Waals surface area (Å²) in [6.07, 6.45) is 7.45. The number of hydrogen-bond acceptors (Lipinski definition) is 9. The number of rotatable bonds is 9. The fourth-order valence-electron chi connectivity index (χ4n) is 4.75. The van der Waals surface area contributed by atoms with Gasteiger partial charge in [0.15, 0.2) is 4.96 Å². The SMILES string of the molecule is C=C(NCc1ccco1)N1CCC(Nc2nccc(-c3c(-c4cccc(OC)c4)nc4sccn34)n2)CC1. The Kier molecular flexibility index (Phi) is 6.70. The van der Waals surface area contributed by atoms with E-state index < -0.39 is 0 Å². The molecule has 1 fully saturated rings. The first-order chi connectivity index (χ1) is 18.7. The lowest BCUT2D eigenvalue weighted by molar-refractivity contribution is 0.254. The minimum absolute atomic E-state index is 0.281. The Labute approximate surface area is 224 Å². The van der Waals surface area contributed by atoms with Gasteiger partial charge in [-0.3, -0.25) is 4.40 Å². The second-order valence-electron chi connectivity index (χ2n) is 9.15. The minimum Gasteiger partial charge on any atom is -0.497 e. The molecule has 1 aliphatic heterocycles. The van der Waals surface area contributed by atoms with Gasteiger partial charge >= 0.3 is 0 Å². The molecule has 38 heavy (non-hydrogen) atoms. The second-order valence-corrected chi connectivity index (χ2v) is 10.0. The van der Waals surface area contributed by atoms with E-state index in [1.807, 2.05) is 54.0 Å². The Morgan fingerprint density at radius 3 is 2.89 bits per heavy atom. The van der Waals surface area contributed by atoms with E-state index in [0.717, 1.165) is 70.9 Å². The largest absolute Gasteiger partial charge is 0.497 e. The van der Waals surface area contributed by atoms with Gasteiger partial charge in [-0.1, -0.05) is 18.7 Å². The van der Waals surface area contributed by atoms with Gasteiger partial charge in [0.25, 0.3) is 0 Å². The van der Waals surface area contributed by atoms with Crippen LogP contribution in [0.2, 0.25) is 0 Å². The number of anilines is 1. The molecule has 1 aromatic carbocycles. The summed E-state index contributed by atoms with van der Waals surface area (Å²) < 4.78 is 12.9. The molecule has 6 rings (SSSR count). The average molecular weight is 528 g/mol. The molecule has 5 aromatic rings. The van der Waals surface area contributed by atoms with Crippen LogP contribution in [-0.2, 0) is 6.54 Å². The zero-order chi connectivity index (χ0) is 25.9. The van der Waals surface area contributed by atoms with Crippen LogP contribution in [0.3, 0.4) is 0 Å². The molecule has 194 valence electrons. The van der Waals surface area contributed by atoms with Gasteiger partial charge in [0.05, 0.1) is 37.1 Å². The number of methoxy groups -OCH3 is 1. The highest BCUT2D eigenvalue weighted by atomic mass is 32.1. The molecule has 10 heteroatoms. The number of hydrogen-bond donors (Lipinski definition) is 2. The van der Waals surface area contributed by atoms with Crippen LogP contribution in [0.25, 0.3) is 27.6 Å². The van der Waals surface area contributed by atoms with Crippen LogP contribution in [0.15, 0.2) is 83.3 Å². The molecule has 0 aliphatic carbocycles. The molecule has 0 radical (unpaired) electrons. The Hall–Kier alpha value is -4.31. The Morgan fingerprint density at radius 1 is 1.18 bits per heavy atom. The third-order valence-corrected chi connectivity index (χ3v) is 7.52. The topological polar surface area (TPSA) is 92.8 Å². The number of nitrogens with one attached hydrogen (secondary N) is 2. The zero-order valence-corrected chi connectivity index (χ0v) is 21.9. The standard InChI is InChI=1S/C28H29N7O2S/c1-19(30-18-23-7-4-15-37-23)34-12-9-21(10-13-34)31-27-29-11-8-24(32-27)26-25(33-28-35(26)14-16-38-28)20-5-3-6-22(17-20)36-2/h3-8,11,14-17,21,30H,1,9-10,12-13,18H2,2H3,(H,29,31,32). The number of piperidine rings is 1. The van der Waals surface area contributed by atoms with Crippen molar-refractivity contribution in [1.29, 1.82) is 0 Å². The van der Waals surface area contributed by atoms with Crippen LogP contribution in [0.1, 0.15) is 18.6 Å². The third kappa shape index (κ3) is 4.95. The molecule has 0 bridgehead atoms. The number of fused-ring (bicyclic) bond motifs is 1. The number of imidazole rings is 1. The fraction of sp³-hybridized carbons (Fsp3) is 0.250. The summed E-state index contributed by atoms with van der Waals surface area (Å²) in [5.41, 5.74) is 3.61. The Morgan fingerprint density at radius 2 is 2.08 bits per heavy atom. The first kappa shape index (κ1) is 24.1. The minimum atomic E-state index is 0.281. The quantitative estimate of drug-likeness (QED) is 0.268. The summed E-state index contributed by atoms with van der Waals surface area (Å²) in [6.45, 7) is 6.64. The summed E-state index contributed by atoms with van der Waals surface area (Å²) in [5.74, 6) is 3.23. The van der Waals surface area contributed by atoms with Crippen LogP contribution in [0.4, 0.5) is 5.95 Å². The van der Waals surface area contributed by atoms with Crippen LogP contribution < -0.4 is 15.4 Å². The van der Waals surface area contributed by atoms with Crippen molar-refractivity contribution in [2.75, 3.05) is 25.5 Å². The van der Waals surface area contributed by atoms with Gasteiger partial charge in [0.1, 0.15) is 17.2 Å². The van der Waals surface area contributed by atoms with Gasteiger partial charge in [-0.25, -0.2) is 15.0 Å². The molecule has 1 aliphatic rings. The van der Waals surface area contributed by atoms with E-state index >= 15 is 0 Å². The highest BCUT2D eigenvalue weighted by molar-refractivity contribution is 7.15. The maximum Gasteiger partial charge on any atom is 0.223 e. The first-order valence-electron chi connectivity index (χ1n) is 12.6. The predicted molar refractivity (Wildman–Crippen MR) is 149 cm³/mol. The molecular weight excluding hydrogens is 498 g/mol. The predicted octanol–water partition coefficient (Wildman–Crippen LogP) is 5.26. The van der Waals surface area contributed by atoms with E-state index in [-0.39, 0.29) is 6.04 Å². The third-order valence-electron chi connectivity index (χ3n) is 6.76. The number of benzene rings is 1. The first-order valence-corrected chi connectivity index (χ1v) is 13.5. The van der Waals surface area contributed by atoms with Crippen molar-refractivity contribution in [3.05, 3.63) is 84.7 Å².